The van der Waals surface area contributed by atoms with Crippen LogP contribution in [-0.2, 0) is 10.8 Å². The molecule has 11 rings (SSSR count). The molecule has 5 heteroatoms. The zero-order chi connectivity index (χ0) is 40.0. The predicted octanol–water partition coefficient (Wildman–Crippen LogP) is 13.7. The number of aromatic nitrogens is 5. The summed E-state index contributed by atoms with van der Waals surface area (Å²) >= 11 is 0. The third-order valence-corrected chi connectivity index (χ3v) is 13.3. The second-order valence-corrected chi connectivity index (χ2v) is 17.6. The summed E-state index contributed by atoms with van der Waals surface area (Å²) in [4.78, 5) is 15.7. The van der Waals surface area contributed by atoms with E-state index in [4.69, 9.17) is 15.0 Å². The predicted molar refractivity (Wildman–Crippen MR) is 245 cm³/mol. The summed E-state index contributed by atoms with van der Waals surface area (Å²) in [5.41, 5.74) is 12.9. The first-order chi connectivity index (χ1) is 28.7. The van der Waals surface area contributed by atoms with Crippen LogP contribution in [0.1, 0.15) is 52.2 Å². The summed E-state index contributed by atoms with van der Waals surface area (Å²) in [7, 11) is 0. The van der Waals surface area contributed by atoms with Gasteiger partial charge in [0.15, 0.2) is 11.6 Å². The van der Waals surface area contributed by atoms with Gasteiger partial charge in [-0.2, -0.15) is 9.97 Å². The molecule has 1 aliphatic carbocycles. The van der Waals surface area contributed by atoms with E-state index in [1.54, 1.807) is 0 Å². The number of fused-ring (bicyclic) bond motifs is 8. The Kier molecular flexibility index (Phi) is 7.83. The van der Waals surface area contributed by atoms with Crippen LogP contribution in [-0.4, -0.2) is 24.1 Å². The summed E-state index contributed by atoms with van der Waals surface area (Å²) in [6.45, 7) is 12.1. The molecule has 0 bridgehead atoms. The maximum absolute atomic E-state index is 5.30. The minimum Gasteiger partial charge on any atom is -0.307 e. The van der Waals surface area contributed by atoms with Crippen LogP contribution in [0.25, 0.3) is 89.2 Å². The van der Waals surface area contributed by atoms with Gasteiger partial charge in [0.25, 0.3) is 0 Å². The average Bonchev–Trinajstić information content (AvgIpc) is 3.79. The van der Waals surface area contributed by atoms with Gasteiger partial charge in [-0.1, -0.05) is 180 Å². The van der Waals surface area contributed by atoms with Gasteiger partial charge in [-0.05, 0) is 58.1 Å². The van der Waals surface area contributed by atoms with Crippen LogP contribution in [0.3, 0.4) is 0 Å². The van der Waals surface area contributed by atoms with Crippen molar-refractivity contribution >= 4 is 43.6 Å². The Hall–Kier alpha value is -6.85. The number of hydrogen-bond acceptors (Lipinski definition) is 3. The summed E-state index contributed by atoms with van der Waals surface area (Å²) in [5.74, 6) is 2.40. The summed E-state index contributed by atoms with van der Waals surface area (Å²) < 4.78 is 4.77. The highest BCUT2D eigenvalue weighted by atomic mass is 15.2. The van der Waals surface area contributed by atoms with Crippen LogP contribution in [0.2, 0.25) is 0 Å². The van der Waals surface area contributed by atoms with E-state index in [2.05, 4.69) is 171 Å². The third kappa shape index (κ3) is 5.41. The zero-order valence-corrected chi connectivity index (χ0v) is 34.1. The molecule has 0 saturated carbocycles. The van der Waals surface area contributed by atoms with Gasteiger partial charge in [-0.3, -0.25) is 4.57 Å². The van der Waals surface area contributed by atoms with Gasteiger partial charge in [0.05, 0.1) is 27.8 Å². The Morgan fingerprint density at radius 3 is 1.63 bits per heavy atom. The number of benzene rings is 7. The number of hydrogen-bond donors (Lipinski definition) is 0. The highest BCUT2D eigenvalue weighted by molar-refractivity contribution is 6.24. The SMILES string of the molecule is CC1CC(C)(C)c2ccc(-c3ccccc3-n3c4ccccc4c4ccc5c6ccccc6n(-c6nc(-c7ccccc7)nc(-c7ccccc7)n6)c5c43)cc2C1(C)C. The van der Waals surface area contributed by atoms with Crippen molar-refractivity contribution in [3.8, 4) is 45.5 Å². The van der Waals surface area contributed by atoms with Crippen molar-refractivity contribution < 1.29 is 0 Å². The van der Waals surface area contributed by atoms with E-state index in [0.29, 0.717) is 23.5 Å². The lowest BCUT2D eigenvalue weighted by Gasteiger charge is -2.46. The molecule has 1 unspecified atom stereocenters. The van der Waals surface area contributed by atoms with Crippen LogP contribution in [0.4, 0.5) is 0 Å². The monoisotopic (exact) mass is 763 g/mol. The van der Waals surface area contributed by atoms with Gasteiger partial charge in [0.2, 0.25) is 5.95 Å². The maximum Gasteiger partial charge on any atom is 0.238 e. The van der Waals surface area contributed by atoms with E-state index in [1.807, 2.05) is 36.4 Å². The Bertz CT molecular complexity index is 3200. The lowest BCUT2D eigenvalue weighted by Crippen LogP contribution is -2.40. The molecular weight excluding hydrogens is 719 g/mol. The first-order valence-corrected chi connectivity index (χ1v) is 20.8. The molecule has 10 aromatic rings. The molecule has 3 heterocycles. The van der Waals surface area contributed by atoms with E-state index in [-0.39, 0.29) is 10.8 Å². The van der Waals surface area contributed by atoms with Gasteiger partial charge >= 0.3 is 0 Å². The Balaban J connectivity index is 1.25. The lowest BCUT2D eigenvalue weighted by molar-refractivity contribution is 0.233. The van der Waals surface area contributed by atoms with Crippen LogP contribution < -0.4 is 0 Å². The largest absolute Gasteiger partial charge is 0.307 e. The van der Waals surface area contributed by atoms with Gasteiger partial charge in [0, 0.05) is 38.2 Å². The fourth-order valence-corrected chi connectivity index (χ4v) is 10.00. The van der Waals surface area contributed by atoms with E-state index in [1.165, 1.54) is 39.4 Å². The van der Waals surface area contributed by atoms with Crippen molar-refractivity contribution in [1.82, 2.24) is 24.1 Å². The zero-order valence-electron chi connectivity index (χ0n) is 34.1. The van der Waals surface area contributed by atoms with E-state index >= 15 is 0 Å². The topological polar surface area (TPSA) is 48.5 Å². The van der Waals surface area contributed by atoms with Crippen molar-refractivity contribution in [2.75, 3.05) is 0 Å². The minimum atomic E-state index is 0.0531. The maximum atomic E-state index is 5.30. The minimum absolute atomic E-state index is 0.0531. The van der Waals surface area contributed by atoms with Crippen molar-refractivity contribution in [3.63, 3.8) is 0 Å². The van der Waals surface area contributed by atoms with Crippen LogP contribution >= 0.6 is 0 Å². The first kappa shape index (κ1) is 35.3. The fraction of sp³-hybridized carbons (Fsp3) is 0.167. The number of rotatable bonds is 5. The van der Waals surface area contributed by atoms with E-state index in [9.17, 15) is 0 Å². The molecule has 1 aliphatic rings. The lowest BCUT2D eigenvalue weighted by atomic mass is 9.58. The molecule has 0 spiro atoms. The highest BCUT2D eigenvalue weighted by Crippen LogP contribution is 2.50. The third-order valence-electron chi connectivity index (χ3n) is 13.3. The van der Waals surface area contributed by atoms with Gasteiger partial charge < -0.3 is 4.57 Å². The molecule has 0 saturated heterocycles. The molecule has 286 valence electrons. The second kappa shape index (κ2) is 13.1. The summed E-state index contributed by atoms with van der Waals surface area (Å²) in [5, 5.41) is 4.66. The molecule has 5 nitrogen and oxygen atoms in total. The molecule has 7 aromatic carbocycles. The number of nitrogens with zero attached hydrogens (tertiary/aromatic N) is 5. The second-order valence-electron chi connectivity index (χ2n) is 17.6. The van der Waals surface area contributed by atoms with Crippen LogP contribution in [0.15, 0.2) is 164 Å². The molecule has 0 fully saturated rings. The van der Waals surface area contributed by atoms with Crippen molar-refractivity contribution in [2.45, 2.75) is 51.9 Å². The molecule has 3 aromatic heterocycles. The van der Waals surface area contributed by atoms with Gasteiger partial charge in [-0.15, -0.1) is 0 Å². The average molecular weight is 764 g/mol. The fourth-order valence-electron chi connectivity index (χ4n) is 10.00. The van der Waals surface area contributed by atoms with Crippen molar-refractivity contribution in [1.29, 1.82) is 0 Å². The van der Waals surface area contributed by atoms with Crippen molar-refractivity contribution in [3.05, 3.63) is 175 Å². The first-order valence-electron chi connectivity index (χ1n) is 20.8. The summed E-state index contributed by atoms with van der Waals surface area (Å²) in [6, 6.07) is 58.7. The smallest absolute Gasteiger partial charge is 0.238 e. The van der Waals surface area contributed by atoms with Gasteiger partial charge in [0.1, 0.15) is 0 Å². The van der Waals surface area contributed by atoms with Gasteiger partial charge in [-0.25, -0.2) is 4.98 Å². The molecule has 0 radical (unpaired) electrons. The van der Waals surface area contributed by atoms with Crippen molar-refractivity contribution in [2.24, 2.45) is 5.92 Å². The molecule has 0 N–H and O–H groups in total. The molecule has 1 atom stereocenters. The Morgan fingerprint density at radius 2 is 1.00 bits per heavy atom. The Morgan fingerprint density at radius 1 is 0.475 bits per heavy atom. The highest BCUT2D eigenvalue weighted by Gasteiger charge is 2.42. The number of para-hydroxylation sites is 3. The standard InChI is InChI=1S/C54H45N5/c1-34-33-53(2,3)43-31-28-37(32-44(43)54(34,4)5)38-22-12-15-25-45(38)58-46-26-16-13-23-39(46)41-29-30-42-40-24-14-17-27-47(40)59(49(42)48(41)58)52-56-50(35-18-8-6-9-19-35)55-51(57-52)36-20-10-7-11-21-36/h6-32,34H,33H2,1-5H3. The molecular formula is C54H45N5. The quantitative estimate of drug-likeness (QED) is 0.175. The Labute approximate surface area is 344 Å². The van der Waals surface area contributed by atoms with E-state index < -0.39 is 0 Å². The molecule has 0 amide bonds. The van der Waals surface area contributed by atoms with Crippen LogP contribution in [0, 0.1) is 5.92 Å². The van der Waals surface area contributed by atoms with Crippen LogP contribution in [0.5, 0.6) is 0 Å². The summed E-state index contributed by atoms with van der Waals surface area (Å²) in [6.07, 6.45) is 1.18. The van der Waals surface area contributed by atoms with E-state index in [0.717, 1.165) is 49.7 Å². The normalized spacial score (nSPS) is 15.9. The molecule has 0 aliphatic heterocycles. The molecule has 59 heavy (non-hydrogen) atoms.